The molecule has 1 heterocycles. The Morgan fingerprint density at radius 1 is 1.12 bits per heavy atom. The molecule has 1 aromatic carbocycles. The first-order valence-electron chi connectivity index (χ1n) is 8.35. The van der Waals surface area contributed by atoms with Crippen LogP contribution in [0.2, 0.25) is 0 Å². The lowest BCUT2D eigenvalue weighted by atomic mass is 10.2. The van der Waals surface area contributed by atoms with Crippen LogP contribution >= 0.6 is 0 Å². The number of benzene rings is 1. The Kier molecular flexibility index (Phi) is 7.49. The highest BCUT2D eigenvalue weighted by atomic mass is 16.5. The van der Waals surface area contributed by atoms with Crippen LogP contribution in [0.1, 0.15) is 24.2 Å². The molecule has 6 nitrogen and oxygen atoms in total. The van der Waals surface area contributed by atoms with Crippen LogP contribution in [0.5, 0.6) is 5.75 Å². The fourth-order valence-electron chi connectivity index (χ4n) is 2.79. The van der Waals surface area contributed by atoms with Crippen LogP contribution in [0, 0.1) is 0 Å². The van der Waals surface area contributed by atoms with Crippen molar-refractivity contribution in [2.75, 3.05) is 46.6 Å². The van der Waals surface area contributed by atoms with Crippen LogP contribution in [-0.2, 0) is 14.2 Å². The molecule has 0 aromatic heterocycles. The summed E-state index contributed by atoms with van der Waals surface area (Å²) in [5.74, 6) is 0.360. The quantitative estimate of drug-likeness (QED) is 0.534. The molecule has 0 N–H and O–H groups in total. The van der Waals surface area contributed by atoms with Crippen molar-refractivity contribution in [1.29, 1.82) is 0 Å². The molecule has 1 saturated heterocycles. The Morgan fingerprint density at radius 3 is 2.42 bits per heavy atom. The highest BCUT2D eigenvalue weighted by molar-refractivity contribution is 5.89. The van der Waals surface area contributed by atoms with Crippen molar-refractivity contribution in [2.45, 2.75) is 26.1 Å². The Hall–Kier alpha value is -1.63. The summed E-state index contributed by atoms with van der Waals surface area (Å²) in [6.45, 7) is 8.72. The number of morpholine rings is 1. The van der Waals surface area contributed by atoms with E-state index in [-0.39, 0.29) is 18.2 Å². The molecule has 6 heteroatoms. The van der Waals surface area contributed by atoms with Gasteiger partial charge in [-0.25, -0.2) is 4.79 Å². The van der Waals surface area contributed by atoms with E-state index in [1.807, 2.05) is 0 Å². The predicted molar refractivity (Wildman–Crippen MR) is 90.5 cm³/mol. The maximum absolute atomic E-state index is 11.3. The van der Waals surface area contributed by atoms with Gasteiger partial charge < -0.3 is 18.9 Å². The van der Waals surface area contributed by atoms with E-state index in [0.29, 0.717) is 31.1 Å². The maximum atomic E-state index is 11.3. The first-order chi connectivity index (χ1) is 11.6. The Morgan fingerprint density at radius 2 is 1.79 bits per heavy atom. The molecule has 2 rings (SSSR count). The van der Waals surface area contributed by atoms with Crippen LogP contribution in [0.25, 0.3) is 0 Å². The fourth-order valence-corrected chi connectivity index (χ4v) is 2.79. The summed E-state index contributed by atoms with van der Waals surface area (Å²) in [5.41, 5.74) is 0.509. The van der Waals surface area contributed by atoms with Gasteiger partial charge >= 0.3 is 5.97 Å². The lowest BCUT2D eigenvalue weighted by Crippen LogP contribution is -2.46. The standard InChI is InChI=1S/C18H27NO5/c1-14-12-19(13-15(2)24-14)8-9-22-10-11-23-17-6-4-16(5-7-17)18(20)21-3/h4-7,14-15H,8-13H2,1-3H3/t14-,15-/m1/s1. The summed E-state index contributed by atoms with van der Waals surface area (Å²) < 4.78 is 21.6. The topological polar surface area (TPSA) is 57.2 Å². The molecule has 1 aliphatic heterocycles. The zero-order valence-corrected chi connectivity index (χ0v) is 14.7. The molecule has 0 unspecified atom stereocenters. The van der Waals surface area contributed by atoms with E-state index in [1.54, 1.807) is 24.3 Å². The number of carbonyl (C=O) groups excluding carboxylic acids is 1. The molecule has 1 aromatic rings. The summed E-state index contributed by atoms with van der Waals surface area (Å²) in [6, 6.07) is 6.87. The average molecular weight is 337 g/mol. The van der Waals surface area contributed by atoms with Gasteiger partial charge in [-0.3, -0.25) is 4.90 Å². The van der Waals surface area contributed by atoms with E-state index in [0.717, 1.165) is 19.6 Å². The average Bonchev–Trinajstić information content (AvgIpc) is 2.57. The van der Waals surface area contributed by atoms with Crippen molar-refractivity contribution in [3.8, 4) is 5.75 Å². The second kappa shape index (κ2) is 9.61. The molecule has 1 aliphatic rings. The van der Waals surface area contributed by atoms with Crippen molar-refractivity contribution >= 4 is 5.97 Å². The minimum Gasteiger partial charge on any atom is -0.491 e. The molecule has 0 radical (unpaired) electrons. The van der Waals surface area contributed by atoms with Gasteiger partial charge in [0.15, 0.2) is 0 Å². The molecule has 0 spiro atoms. The van der Waals surface area contributed by atoms with E-state index in [2.05, 4.69) is 23.5 Å². The van der Waals surface area contributed by atoms with E-state index in [1.165, 1.54) is 7.11 Å². The lowest BCUT2D eigenvalue weighted by molar-refractivity contribution is -0.0734. The highest BCUT2D eigenvalue weighted by Gasteiger charge is 2.21. The van der Waals surface area contributed by atoms with Crippen molar-refractivity contribution in [2.24, 2.45) is 0 Å². The van der Waals surface area contributed by atoms with E-state index >= 15 is 0 Å². The summed E-state index contributed by atoms with van der Waals surface area (Å²) >= 11 is 0. The van der Waals surface area contributed by atoms with Gasteiger partial charge in [0.25, 0.3) is 0 Å². The Bertz CT molecular complexity index is 495. The SMILES string of the molecule is COC(=O)c1ccc(OCCOCCN2C[C@@H](C)O[C@H](C)C2)cc1. The normalized spacial score (nSPS) is 21.5. The van der Waals surface area contributed by atoms with Crippen molar-refractivity contribution < 1.29 is 23.7 Å². The molecular formula is C18H27NO5. The van der Waals surface area contributed by atoms with Crippen molar-refractivity contribution in [3.63, 3.8) is 0 Å². The fraction of sp³-hybridized carbons (Fsp3) is 0.611. The minimum absolute atomic E-state index is 0.282. The van der Waals surface area contributed by atoms with Gasteiger partial charge in [0.2, 0.25) is 0 Å². The molecule has 2 atom stereocenters. The molecule has 0 aliphatic carbocycles. The van der Waals surface area contributed by atoms with Gasteiger partial charge in [0.05, 0.1) is 38.1 Å². The number of rotatable bonds is 8. The van der Waals surface area contributed by atoms with Gasteiger partial charge in [0.1, 0.15) is 12.4 Å². The molecule has 0 saturated carbocycles. The molecule has 0 amide bonds. The second-order valence-electron chi connectivity index (χ2n) is 5.99. The molecule has 0 bridgehead atoms. The van der Waals surface area contributed by atoms with Crippen LogP contribution in [0.15, 0.2) is 24.3 Å². The van der Waals surface area contributed by atoms with Crippen molar-refractivity contribution in [1.82, 2.24) is 4.90 Å². The Labute approximate surface area is 143 Å². The van der Waals surface area contributed by atoms with Gasteiger partial charge in [-0.1, -0.05) is 0 Å². The van der Waals surface area contributed by atoms with Crippen LogP contribution < -0.4 is 4.74 Å². The summed E-state index contributed by atoms with van der Waals surface area (Å²) in [5, 5.41) is 0. The first kappa shape index (κ1) is 18.7. The number of esters is 1. The largest absolute Gasteiger partial charge is 0.491 e. The second-order valence-corrected chi connectivity index (χ2v) is 5.99. The zero-order chi connectivity index (χ0) is 17.4. The number of hydrogen-bond donors (Lipinski definition) is 0. The highest BCUT2D eigenvalue weighted by Crippen LogP contribution is 2.13. The van der Waals surface area contributed by atoms with E-state index in [4.69, 9.17) is 14.2 Å². The van der Waals surface area contributed by atoms with Gasteiger partial charge in [0, 0.05) is 19.6 Å². The van der Waals surface area contributed by atoms with Crippen molar-refractivity contribution in [3.05, 3.63) is 29.8 Å². The van der Waals surface area contributed by atoms with Crippen LogP contribution in [0.4, 0.5) is 0 Å². The third-order valence-electron chi connectivity index (χ3n) is 3.82. The maximum Gasteiger partial charge on any atom is 0.337 e. The van der Waals surface area contributed by atoms with Gasteiger partial charge in [-0.15, -0.1) is 0 Å². The summed E-state index contributed by atoms with van der Waals surface area (Å²) in [6.07, 6.45) is 0.565. The smallest absolute Gasteiger partial charge is 0.337 e. The van der Waals surface area contributed by atoms with E-state index in [9.17, 15) is 4.79 Å². The number of methoxy groups -OCH3 is 1. The third kappa shape index (κ3) is 6.11. The molecular weight excluding hydrogens is 310 g/mol. The van der Waals surface area contributed by atoms with Gasteiger partial charge in [-0.2, -0.15) is 0 Å². The third-order valence-corrected chi connectivity index (χ3v) is 3.82. The number of hydrogen-bond acceptors (Lipinski definition) is 6. The van der Waals surface area contributed by atoms with Crippen LogP contribution in [0.3, 0.4) is 0 Å². The first-order valence-corrected chi connectivity index (χ1v) is 8.35. The molecule has 134 valence electrons. The monoisotopic (exact) mass is 337 g/mol. The predicted octanol–water partition coefficient (Wildman–Crippen LogP) is 1.98. The zero-order valence-electron chi connectivity index (χ0n) is 14.7. The Balaban J connectivity index is 1.57. The summed E-state index contributed by atoms with van der Waals surface area (Å²) in [7, 11) is 1.36. The molecule has 1 fully saturated rings. The van der Waals surface area contributed by atoms with E-state index < -0.39 is 0 Å². The summed E-state index contributed by atoms with van der Waals surface area (Å²) in [4.78, 5) is 13.7. The van der Waals surface area contributed by atoms with Gasteiger partial charge in [-0.05, 0) is 38.1 Å². The number of ether oxygens (including phenoxy) is 4. The minimum atomic E-state index is -0.350. The van der Waals surface area contributed by atoms with Crippen LogP contribution in [-0.4, -0.2) is 69.6 Å². The number of nitrogens with zero attached hydrogens (tertiary/aromatic N) is 1. The lowest BCUT2D eigenvalue weighted by Gasteiger charge is -2.35. The molecule has 24 heavy (non-hydrogen) atoms. The number of carbonyl (C=O) groups is 1.